The van der Waals surface area contributed by atoms with Gasteiger partial charge in [-0.1, -0.05) is 18.4 Å². The van der Waals surface area contributed by atoms with Crippen LogP contribution in [0.15, 0.2) is 11.8 Å². The molecule has 4 nitrogen and oxygen atoms in total. The van der Waals surface area contributed by atoms with Crippen LogP contribution < -0.4 is 10.6 Å². The monoisotopic (exact) mass is 226 g/mol. The quantitative estimate of drug-likeness (QED) is 0.626. The number of amides is 2. The Morgan fingerprint density at radius 1 is 1.44 bits per heavy atom. The predicted octanol–water partition coefficient (Wildman–Crippen LogP) is 1.76. The highest BCUT2D eigenvalue weighted by Gasteiger charge is 2.16. The lowest BCUT2D eigenvalue weighted by molar-refractivity contribution is 0.241. The van der Waals surface area contributed by atoms with Gasteiger partial charge in [0, 0.05) is 19.4 Å². The van der Waals surface area contributed by atoms with Gasteiger partial charge in [-0.05, 0) is 32.1 Å². The number of rotatable bonds is 5. The van der Waals surface area contributed by atoms with E-state index in [-0.39, 0.29) is 12.6 Å². The summed E-state index contributed by atoms with van der Waals surface area (Å²) >= 11 is 0. The van der Waals surface area contributed by atoms with Gasteiger partial charge in [0.2, 0.25) is 0 Å². The second-order valence-corrected chi connectivity index (χ2v) is 4.35. The summed E-state index contributed by atoms with van der Waals surface area (Å²) in [5.41, 5.74) is 1.26. The van der Waals surface area contributed by atoms with Gasteiger partial charge in [-0.2, -0.15) is 0 Å². The standard InChI is InChI=1S/C12H22N2O2/c1-10(11-5-2-3-6-11)9-14-12(16)13-7-4-8-15/h9,11,15H,2-8H2,1H3,(H2,13,14,16)/b10-9+. The number of hydrogen-bond acceptors (Lipinski definition) is 2. The van der Waals surface area contributed by atoms with Gasteiger partial charge in [-0.3, -0.25) is 0 Å². The first-order valence-corrected chi connectivity index (χ1v) is 6.06. The molecule has 92 valence electrons. The summed E-state index contributed by atoms with van der Waals surface area (Å²) in [6.45, 7) is 2.69. The lowest BCUT2D eigenvalue weighted by Crippen LogP contribution is -2.33. The Kier molecular flexibility index (Phi) is 5.93. The number of carbonyl (C=O) groups is 1. The first-order chi connectivity index (χ1) is 7.74. The highest BCUT2D eigenvalue weighted by Crippen LogP contribution is 2.30. The van der Waals surface area contributed by atoms with Gasteiger partial charge in [0.15, 0.2) is 0 Å². The maximum Gasteiger partial charge on any atom is 0.318 e. The van der Waals surface area contributed by atoms with Crippen LogP contribution in [0.1, 0.15) is 39.0 Å². The zero-order chi connectivity index (χ0) is 11.8. The molecule has 0 spiro atoms. The smallest absolute Gasteiger partial charge is 0.318 e. The highest BCUT2D eigenvalue weighted by atomic mass is 16.3. The van der Waals surface area contributed by atoms with E-state index in [1.165, 1.54) is 31.3 Å². The molecule has 1 aliphatic rings. The maximum absolute atomic E-state index is 11.3. The Morgan fingerprint density at radius 3 is 2.75 bits per heavy atom. The largest absolute Gasteiger partial charge is 0.396 e. The molecular weight excluding hydrogens is 204 g/mol. The van der Waals surface area contributed by atoms with Crippen LogP contribution in [0.25, 0.3) is 0 Å². The summed E-state index contributed by atoms with van der Waals surface area (Å²) in [7, 11) is 0. The molecule has 1 rings (SSSR count). The summed E-state index contributed by atoms with van der Waals surface area (Å²) in [5.74, 6) is 0.651. The van der Waals surface area contributed by atoms with E-state index in [0.717, 1.165) is 0 Å². The van der Waals surface area contributed by atoms with Crippen molar-refractivity contribution in [2.45, 2.75) is 39.0 Å². The zero-order valence-electron chi connectivity index (χ0n) is 9.96. The molecule has 0 bridgehead atoms. The Labute approximate surface area is 97.1 Å². The molecule has 0 aromatic carbocycles. The van der Waals surface area contributed by atoms with Crippen molar-refractivity contribution >= 4 is 6.03 Å². The SMILES string of the molecule is C/C(=C\NC(=O)NCCCO)C1CCCC1. The first kappa shape index (κ1) is 13.0. The molecule has 0 aromatic heterocycles. The minimum Gasteiger partial charge on any atom is -0.396 e. The van der Waals surface area contributed by atoms with Crippen LogP contribution in [0.3, 0.4) is 0 Å². The number of hydrogen-bond donors (Lipinski definition) is 3. The van der Waals surface area contributed by atoms with Crippen LogP contribution in [0.5, 0.6) is 0 Å². The number of aliphatic hydroxyl groups is 1. The maximum atomic E-state index is 11.3. The van der Waals surface area contributed by atoms with Crippen molar-refractivity contribution in [1.29, 1.82) is 0 Å². The Bertz CT molecular complexity index is 245. The van der Waals surface area contributed by atoms with Crippen molar-refractivity contribution in [2.75, 3.05) is 13.2 Å². The van der Waals surface area contributed by atoms with Crippen LogP contribution in [-0.2, 0) is 0 Å². The van der Waals surface area contributed by atoms with Crippen molar-refractivity contribution in [1.82, 2.24) is 10.6 Å². The molecule has 3 N–H and O–H groups in total. The number of nitrogens with one attached hydrogen (secondary N) is 2. The molecule has 0 radical (unpaired) electrons. The number of carbonyl (C=O) groups excluding carboxylic acids is 1. The van der Waals surface area contributed by atoms with Crippen LogP contribution in [-0.4, -0.2) is 24.3 Å². The third-order valence-electron chi connectivity index (χ3n) is 3.05. The van der Waals surface area contributed by atoms with E-state index in [2.05, 4.69) is 17.6 Å². The normalized spacial score (nSPS) is 17.5. The summed E-state index contributed by atoms with van der Waals surface area (Å²) in [4.78, 5) is 11.3. The van der Waals surface area contributed by atoms with Gasteiger partial charge in [0.25, 0.3) is 0 Å². The summed E-state index contributed by atoms with van der Waals surface area (Å²) in [5, 5.41) is 14.0. The van der Waals surface area contributed by atoms with Crippen molar-refractivity contribution < 1.29 is 9.90 Å². The fraction of sp³-hybridized carbons (Fsp3) is 0.750. The molecule has 1 saturated carbocycles. The summed E-state index contributed by atoms with van der Waals surface area (Å²) in [6.07, 6.45) is 7.51. The summed E-state index contributed by atoms with van der Waals surface area (Å²) in [6, 6.07) is -0.189. The minimum atomic E-state index is -0.189. The molecule has 0 saturated heterocycles. The molecule has 0 aromatic rings. The molecule has 1 aliphatic carbocycles. The molecule has 0 heterocycles. The second-order valence-electron chi connectivity index (χ2n) is 4.35. The van der Waals surface area contributed by atoms with Crippen LogP contribution in [0.4, 0.5) is 4.79 Å². The van der Waals surface area contributed by atoms with E-state index in [0.29, 0.717) is 18.9 Å². The van der Waals surface area contributed by atoms with Crippen molar-refractivity contribution in [3.05, 3.63) is 11.8 Å². The van der Waals surface area contributed by atoms with E-state index in [4.69, 9.17) is 5.11 Å². The van der Waals surface area contributed by atoms with E-state index in [9.17, 15) is 4.79 Å². The Morgan fingerprint density at radius 2 is 2.12 bits per heavy atom. The van der Waals surface area contributed by atoms with Gasteiger partial charge >= 0.3 is 6.03 Å². The third-order valence-corrected chi connectivity index (χ3v) is 3.05. The topological polar surface area (TPSA) is 61.4 Å². The first-order valence-electron chi connectivity index (χ1n) is 6.06. The molecule has 1 fully saturated rings. The predicted molar refractivity (Wildman–Crippen MR) is 64.0 cm³/mol. The van der Waals surface area contributed by atoms with Gasteiger partial charge in [-0.15, -0.1) is 0 Å². The van der Waals surface area contributed by atoms with E-state index >= 15 is 0 Å². The fourth-order valence-corrected chi connectivity index (χ4v) is 2.01. The molecule has 16 heavy (non-hydrogen) atoms. The second kappa shape index (κ2) is 7.28. The van der Waals surface area contributed by atoms with Crippen LogP contribution in [0, 0.1) is 5.92 Å². The third kappa shape index (κ3) is 4.66. The molecule has 0 aliphatic heterocycles. The zero-order valence-corrected chi connectivity index (χ0v) is 9.96. The lowest BCUT2D eigenvalue weighted by Gasteiger charge is -2.10. The van der Waals surface area contributed by atoms with Gasteiger partial charge in [0.05, 0.1) is 0 Å². The number of urea groups is 1. The average molecular weight is 226 g/mol. The molecular formula is C12H22N2O2. The van der Waals surface area contributed by atoms with Gasteiger partial charge in [0.1, 0.15) is 0 Å². The van der Waals surface area contributed by atoms with Crippen molar-refractivity contribution in [3.63, 3.8) is 0 Å². The fourth-order valence-electron chi connectivity index (χ4n) is 2.01. The Hall–Kier alpha value is -1.03. The van der Waals surface area contributed by atoms with E-state index in [1.54, 1.807) is 0 Å². The average Bonchev–Trinajstić information content (AvgIpc) is 2.79. The Balaban J connectivity index is 2.20. The van der Waals surface area contributed by atoms with Crippen LogP contribution >= 0.6 is 0 Å². The summed E-state index contributed by atoms with van der Waals surface area (Å²) < 4.78 is 0. The molecule has 2 amide bonds. The lowest BCUT2D eigenvalue weighted by atomic mass is 10.0. The van der Waals surface area contributed by atoms with E-state index < -0.39 is 0 Å². The molecule has 0 atom stereocenters. The highest BCUT2D eigenvalue weighted by molar-refractivity contribution is 5.74. The van der Waals surface area contributed by atoms with Gasteiger partial charge in [-0.25, -0.2) is 4.79 Å². The van der Waals surface area contributed by atoms with E-state index in [1.807, 2.05) is 6.20 Å². The van der Waals surface area contributed by atoms with Gasteiger partial charge < -0.3 is 15.7 Å². The van der Waals surface area contributed by atoms with Crippen LogP contribution in [0.2, 0.25) is 0 Å². The van der Waals surface area contributed by atoms with Crippen molar-refractivity contribution in [2.24, 2.45) is 5.92 Å². The van der Waals surface area contributed by atoms with Crippen molar-refractivity contribution in [3.8, 4) is 0 Å². The number of allylic oxidation sites excluding steroid dienone is 1. The number of aliphatic hydroxyl groups excluding tert-OH is 1. The molecule has 4 heteroatoms. The minimum absolute atomic E-state index is 0.108. The molecule has 0 unspecified atom stereocenters.